The predicted molar refractivity (Wildman–Crippen MR) is 74.1 cm³/mol. The van der Waals surface area contributed by atoms with Gasteiger partial charge in [0.05, 0.1) is 6.04 Å². The lowest BCUT2D eigenvalue weighted by Gasteiger charge is -2.19. The number of anilines is 1. The molecular formula is C13H13BrFN3. The van der Waals surface area contributed by atoms with Crippen LogP contribution in [0.25, 0.3) is 0 Å². The van der Waals surface area contributed by atoms with Crippen LogP contribution >= 0.6 is 15.9 Å². The predicted octanol–water partition coefficient (Wildman–Crippen LogP) is 2.72. The van der Waals surface area contributed by atoms with Gasteiger partial charge in [0.25, 0.3) is 0 Å². The Labute approximate surface area is 113 Å². The summed E-state index contributed by atoms with van der Waals surface area (Å²) in [6, 6.07) is 11.5. The molecule has 0 heterocycles. The summed E-state index contributed by atoms with van der Waals surface area (Å²) in [5.74, 6) is 5.21. The summed E-state index contributed by atoms with van der Waals surface area (Å²) in [5, 5.41) is 0. The van der Waals surface area contributed by atoms with Gasteiger partial charge in [-0.05, 0) is 29.8 Å². The molecule has 5 heteroatoms. The molecule has 0 amide bonds. The van der Waals surface area contributed by atoms with Crippen LogP contribution in [-0.2, 0) is 0 Å². The van der Waals surface area contributed by atoms with Gasteiger partial charge in [0.2, 0.25) is 0 Å². The summed E-state index contributed by atoms with van der Waals surface area (Å²) in [4.78, 5) is 0. The second kappa shape index (κ2) is 5.48. The van der Waals surface area contributed by atoms with Crippen molar-refractivity contribution in [3.8, 4) is 0 Å². The van der Waals surface area contributed by atoms with Gasteiger partial charge in [-0.3, -0.25) is 5.84 Å². The van der Waals surface area contributed by atoms with E-state index in [1.54, 1.807) is 18.2 Å². The van der Waals surface area contributed by atoms with Gasteiger partial charge >= 0.3 is 0 Å². The third-order valence-corrected chi connectivity index (χ3v) is 3.24. The zero-order valence-corrected chi connectivity index (χ0v) is 11.1. The van der Waals surface area contributed by atoms with Crippen LogP contribution in [0, 0.1) is 5.82 Å². The summed E-state index contributed by atoms with van der Waals surface area (Å²) in [6.07, 6.45) is 0. The van der Waals surface area contributed by atoms with E-state index in [4.69, 9.17) is 11.6 Å². The molecular weight excluding hydrogens is 297 g/mol. The van der Waals surface area contributed by atoms with Gasteiger partial charge in [0.15, 0.2) is 0 Å². The van der Waals surface area contributed by atoms with Crippen LogP contribution in [0.2, 0.25) is 0 Å². The first-order valence-electron chi connectivity index (χ1n) is 5.39. The number of nitrogens with one attached hydrogen (secondary N) is 1. The number of nitrogens with two attached hydrogens (primary N) is 2. The van der Waals surface area contributed by atoms with Crippen LogP contribution < -0.4 is 17.0 Å². The zero-order valence-electron chi connectivity index (χ0n) is 9.53. The highest BCUT2D eigenvalue weighted by Gasteiger charge is 2.18. The van der Waals surface area contributed by atoms with E-state index in [1.165, 1.54) is 6.07 Å². The van der Waals surface area contributed by atoms with Crippen molar-refractivity contribution in [2.24, 2.45) is 5.84 Å². The minimum Gasteiger partial charge on any atom is -0.398 e. The summed E-state index contributed by atoms with van der Waals surface area (Å²) >= 11 is 3.32. The molecule has 0 aliphatic carbocycles. The molecule has 0 aromatic heterocycles. The number of halogens is 2. The third kappa shape index (κ3) is 2.53. The molecule has 18 heavy (non-hydrogen) atoms. The molecule has 1 atom stereocenters. The van der Waals surface area contributed by atoms with Gasteiger partial charge in [0.1, 0.15) is 5.82 Å². The Morgan fingerprint density at radius 2 is 1.83 bits per heavy atom. The van der Waals surface area contributed by atoms with E-state index in [9.17, 15) is 4.39 Å². The Kier molecular flexibility index (Phi) is 3.96. The van der Waals surface area contributed by atoms with Gasteiger partial charge < -0.3 is 5.73 Å². The van der Waals surface area contributed by atoms with Crippen molar-refractivity contribution in [1.82, 2.24) is 5.43 Å². The van der Waals surface area contributed by atoms with Gasteiger partial charge in [-0.2, -0.15) is 0 Å². The molecule has 0 fully saturated rings. The molecule has 0 saturated carbocycles. The highest BCUT2D eigenvalue weighted by Crippen LogP contribution is 2.29. The standard InChI is InChI=1S/C13H13BrFN3/c14-8-5-6-11(15)10(7-8)13(18-17)9-3-1-2-4-12(9)16/h1-7,13,18H,16-17H2. The average Bonchev–Trinajstić information content (AvgIpc) is 2.36. The van der Waals surface area contributed by atoms with Crippen molar-refractivity contribution >= 4 is 21.6 Å². The number of hydrogen-bond donors (Lipinski definition) is 3. The van der Waals surface area contributed by atoms with E-state index in [1.807, 2.05) is 18.2 Å². The van der Waals surface area contributed by atoms with Gasteiger partial charge in [-0.1, -0.05) is 34.1 Å². The average molecular weight is 310 g/mol. The maximum absolute atomic E-state index is 13.9. The summed E-state index contributed by atoms with van der Waals surface area (Å²) in [5.41, 5.74) is 10.3. The lowest BCUT2D eigenvalue weighted by Crippen LogP contribution is -2.30. The Bertz CT molecular complexity index is 560. The van der Waals surface area contributed by atoms with E-state index < -0.39 is 6.04 Å². The molecule has 1 unspecified atom stereocenters. The first kappa shape index (κ1) is 13.0. The first-order valence-corrected chi connectivity index (χ1v) is 6.18. The van der Waals surface area contributed by atoms with Gasteiger partial charge in [0, 0.05) is 15.7 Å². The van der Waals surface area contributed by atoms with E-state index in [0.717, 1.165) is 10.0 Å². The van der Waals surface area contributed by atoms with Crippen LogP contribution in [0.3, 0.4) is 0 Å². The lowest BCUT2D eigenvalue weighted by molar-refractivity contribution is 0.560. The number of hydrogen-bond acceptors (Lipinski definition) is 3. The molecule has 2 aromatic carbocycles. The van der Waals surface area contributed by atoms with E-state index in [2.05, 4.69) is 21.4 Å². The number of hydrazine groups is 1. The number of para-hydroxylation sites is 1. The molecule has 0 radical (unpaired) electrons. The van der Waals surface area contributed by atoms with Gasteiger partial charge in [-0.25, -0.2) is 9.82 Å². The van der Waals surface area contributed by atoms with Crippen molar-refractivity contribution in [2.45, 2.75) is 6.04 Å². The first-order chi connectivity index (χ1) is 8.63. The highest BCUT2D eigenvalue weighted by molar-refractivity contribution is 9.10. The minimum absolute atomic E-state index is 0.329. The number of rotatable bonds is 3. The monoisotopic (exact) mass is 309 g/mol. The smallest absolute Gasteiger partial charge is 0.128 e. The van der Waals surface area contributed by atoms with Crippen molar-refractivity contribution < 1.29 is 4.39 Å². The molecule has 2 aromatic rings. The Morgan fingerprint density at radius 1 is 1.11 bits per heavy atom. The van der Waals surface area contributed by atoms with Crippen LogP contribution in [0.5, 0.6) is 0 Å². The second-order valence-electron chi connectivity index (χ2n) is 3.89. The Balaban J connectivity index is 2.52. The largest absolute Gasteiger partial charge is 0.398 e. The molecule has 2 rings (SSSR count). The molecule has 5 N–H and O–H groups in total. The molecule has 0 aliphatic rings. The SMILES string of the molecule is NNC(c1ccccc1N)c1cc(Br)ccc1F. The number of benzene rings is 2. The van der Waals surface area contributed by atoms with E-state index >= 15 is 0 Å². The summed E-state index contributed by atoms with van der Waals surface area (Å²) in [6.45, 7) is 0. The van der Waals surface area contributed by atoms with Crippen LogP contribution in [0.1, 0.15) is 17.2 Å². The second-order valence-corrected chi connectivity index (χ2v) is 4.81. The highest BCUT2D eigenvalue weighted by atomic mass is 79.9. The summed E-state index contributed by atoms with van der Waals surface area (Å²) in [7, 11) is 0. The lowest BCUT2D eigenvalue weighted by atomic mass is 9.97. The van der Waals surface area contributed by atoms with Crippen LogP contribution in [0.4, 0.5) is 10.1 Å². The normalized spacial score (nSPS) is 12.4. The maximum Gasteiger partial charge on any atom is 0.128 e. The fourth-order valence-electron chi connectivity index (χ4n) is 1.86. The Morgan fingerprint density at radius 3 is 2.50 bits per heavy atom. The van der Waals surface area contributed by atoms with Crippen molar-refractivity contribution in [2.75, 3.05) is 5.73 Å². The fraction of sp³-hybridized carbons (Fsp3) is 0.0769. The third-order valence-electron chi connectivity index (χ3n) is 2.74. The molecule has 0 saturated heterocycles. The molecule has 3 nitrogen and oxygen atoms in total. The minimum atomic E-state index is -0.483. The number of nitrogen functional groups attached to an aromatic ring is 1. The van der Waals surface area contributed by atoms with E-state index in [0.29, 0.717) is 11.3 Å². The maximum atomic E-state index is 13.9. The fourth-order valence-corrected chi connectivity index (χ4v) is 2.24. The van der Waals surface area contributed by atoms with Crippen molar-refractivity contribution in [3.63, 3.8) is 0 Å². The molecule has 0 spiro atoms. The van der Waals surface area contributed by atoms with Crippen LogP contribution in [0.15, 0.2) is 46.9 Å². The summed E-state index contributed by atoms with van der Waals surface area (Å²) < 4.78 is 14.7. The topological polar surface area (TPSA) is 64.1 Å². The van der Waals surface area contributed by atoms with Gasteiger partial charge in [-0.15, -0.1) is 0 Å². The van der Waals surface area contributed by atoms with E-state index in [-0.39, 0.29) is 5.82 Å². The zero-order chi connectivity index (χ0) is 13.1. The molecule has 0 bridgehead atoms. The van der Waals surface area contributed by atoms with Crippen molar-refractivity contribution in [3.05, 3.63) is 63.9 Å². The quantitative estimate of drug-likeness (QED) is 0.464. The molecule has 94 valence electrons. The van der Waals surface area contributed by atoms with Crippen molar-refractivity contribution in [1.29, 1.82) is 0 Å². The Hall–Kier alpha value is -1.43. The molecule has 0 aliphatic heterocycles. The van der Waals surface area contributed by atoms with Crippen LogP contribution in [-0.4, -0.2) is 0 Å².